The van der Waals surface area contributed by atoms with Crippen LogP contribution in [-0.4, -0.2) is 23.3 Å². The number of hydrogen-bond acceptors (Lipinski definition) is 3. The fraction of sp³-hybridized carbons (Fsp3) is 0.133. The van der Waals surface area contributed by atoms with E-state index in [0.717, 1.165) is 0 Å². The third-order valence-electron chi connectivity index (χ3n) is 2.81. The average molecular weight is 285 g/mol. The molecule has 1 aromatic carbocycles. The van der Waals surface area contributed by atoms with E-state index in [0.29, 0.717) is 17.8 Å². The number of aromatic amines is 1. The van der Waals surface area contributed by atoms with Gasteiger partial charge in [0.1, 0.15) is 5.56 Å². The van der Waals surface area contributed by atoms with Crippen LogP contribution in [0.3, 0.4) is 0 Å². The fourth-order valence-corrected chi connectivity index (χ4v) is 1.77. The lowest BCUT2D eigenvalue weighted by Gasteiger charge is -2.06. The molecule has 0 fully saturated rings. The van der Waals surface area contributed by atoms with E-state index in [1.54, 1.807) is 30.3 Å². The van der Waals surface area contributed by atoms with Crippen LogP contribution in [0.5, 0.6) is 0 Å². The summed E-state index contributed by atoms with van der Waals surface area (Å²) in [7, 11) is 0. The second kappa shape index (κ2) is 6.51. The third kappa shape index (κ3) is 3.56. The molecule has 6 heteroatoms. The molecular formula is C15H15N3O3. The quantitative estimate of drug-likeness (QED) is 0.792. The molecule has 2 rings (SSSR count). The molecule has 6 nitrogen and oxygen atoms in total. The molecule has 1 aromatic heterocycles. The number of carbonyl (C=O) groups is 2. The Labute approximate surface area is 121 Å². The zero-order valence-corrected chi connectivity index (χ0v) is 11.5. The molecule has 0 aliphatic carbocycles. The molecular weight excluding hydrogens is 270 g/mol. The van der Waals surface area contributed by atoms with E-state index in [2.05, 4.69) is 15.6 Å². The fourth-order valence-electron chi connectivity index (χ4n) is 1.77. The maximum Gasteiger partial charge on any atom is 0.261 e. The molecule has 2 aromatic rings. The number of rotatable bonds is 4. The normalized spacial score (nSPS) is 9.95. The van der Waals surface area contributed by atoms with Crippen LogP contribution in [0.4, 0.5) is 5.69 Å². The van der Waals surface area contributed by atoms with Crippen molar-refractivity contribution < 1.29 is 9.59 Å². The van der Waals surface area contributed by atoms with Crippen LogP contribution in [0.2, 0.25) is 0 Å². The second-order valence-corrected chi connectivity index (χ2v) is 4.30. The van der Waals surface area contributed by atoms with Gasteiger partial charge in [0.15, 0.2) is 0 Å². The van der Waals surface area contributed by atoms with Gasteiger partial charge in [-0.1, -0.05) is 0 Å². The van der Waals surface area contributed by atoms with Gasteiger partial charge in [-0.2, -0.15) is 0 Å². The molecule has 0 spiro atoms. The Morgan fingerprint density at radius 3 is 2.43 bits per heavy atom. The van der Waals surface area contributed by atoms with Crippen molar-refractivity contribution in [2.24, 2.45) is 0 Å². The molecule has 3 N–H and O–H groups in total. The van der Waals surface area contributed by atoms with Crippen molar-refractivity contribution in [2.75, 3.05) is 11.9 Å². The Kier molecular flexibility index (Phi) is 4.50. The summed E-state index contributed by atoms with van der Waals surface area (Å²) in [4.78, 5) is 37.5. The number of hydrogen-bond donors (Lipinski definition) is 3. The molecule has 0 bridgehead atoms. The maximum absolute atomic E-state index is 11.9. The van der Waals surface area contributed by atoms with Crippen LogP contribution in [0, 0.1) is 0 Å². The maximum atomic E-state index is 11.9. The number of pyridine rings is 1. The molecule has 21 heavy (non-hydrogen) atoms. The van der Waals surface area contributed by atoms with Crippen LogP contribution in [-0.2, 0) is 0 Å². The van der Waals surface area contributed by atoms with Gasteiger partial charge < -0.3 is 15.6 Å². The number of amides is 2. The van der Waals surface area contributed by atoms with Crippen molar-refractivity contribution in [2.45, 2.75) is 6.92 Å². The summed E-state index contributed by atoms with van der Waals surface area (Å²) < 4.78 is 0. The SMILES string of the molecule is CCNC(=O)c1ccc(NC(=O)c2ccc[nH]c2=O)cc1. The smallest absolute Gasteiger partial charge is 0.261 e. The lowest BCUT2D eigenvalue weighted by atomic mass is 10.2. The predicted octanol–water partition coefficient (Wildman–Crippen LogP) is 1.38. The molecule has 108 valence electrons. The number of anilines is 1. The minimum atomic E-state index is -0.498. The predicted molar refractivity (Wildman–Crippen MR) is 79.5 cm³/mol. The summed E-state index contributed by atoms with van der Waals surface area (Å²) in [6, 6.07) is 9.45. The van der Waals surface area contributed by atoms with E-state index in [9.17, 15) is 14.4 Å². The Morgan fingerprint density at radius 2 is 1.81 bits per heavy atom. The van der Waals surface area contributed by atoms with E-state index in [4.69, 9.17) is 0 Å². The number of benzene rings is 1. The van der Waals surface area contributed by atoms with Crippen LogP contribution in [0.25, 0.3) is 0 Å². The first-order chi connectivity index (χ1) is 10.1. The van der Waals surface area contributed by atoms with Gasteiger partial charge in [-0.15, -0.1) is 0 Å². The number of nitrogens with one attached hydrogen (secondary N) is 3. The van der Waals surface area contributed by atoms with Gasteiger partial charge in [0.05, 0.1) is 0 Å². The highest BCUT2D eigenvalue weighted by Gasteiger charge is 2.10. The first-order valence-electron chi connectivity index (χ1n) is 6.49. The van der Waals surface area contributed by atoms with E-state index in [1.165, 1.54) is 12.3 Å². The van der Waals surface area contributed by atoms with Crippen molar-refractivity contribution in [3.63, 3.8) is 0 Å². The summed E-state index contributed by atoms with van der Waals surface area (Å²) in [5.41, 5.74) is 0.600. The van der Waals surface area contributed by atoms with Gasteiger partial charge in [-0.25, -0.2) is 0 Å². The number of H-pyrrole nitrogens is 1. The topological polar surface area (TPSA) is 91.1 Å². The molecule has 0 saturated heterocycles. The molecule has 0 aliphatic heterocycles. The molecule has 2 amide bonds. The Morgan fingerprint density at radius 1 is 1.10 bits per heavy atom. The van der Waals surface area contributed by atoms with Crippen molar-refractivity contribution in [1.29, 1.82) is 0 Å². The molecule has 1 heterocycles. The zero-order valence-electron chi connectivity index (χ0n) is 11.5. The lowest BCUT2D eigenvalue weighted by molar-refractivity contribution is 0.0955. The van der Waals surface area contributed by atoms with E-state index in [1.807, 2.05) is 6.92 Å². The largest absolute Gasteiger partial charge is 0.352 e. The van der Waals surface area contributed by atoms with Crippen molar-refractivity contribution >= 4 is 17.5 Å². The summed E-state index contributed by atoms with van der Waals surface area (Å²) in [6.45, 7) is 2.39. The van der Waals surface area contributed by atoms with Crippen LogP contribution in [0.15, 0.2) is 47.4 Å². The van der Waals surface area contributed by atoms with Crippen molar-refractivity contribution in [3.8, 4) is 0 Å². The van der Waals surface area contributed by atoms with Gasteiger partial charge in [0.25, 0.3) is 17.4 Å². The van der Waals surface area contributed by atoms with Crippen LogP contribution in [0.1, 0.15) is 27.6 Å². The van der Waals surface area contributed by atoms with Crippen molar-refractivity contribution in [1.82, 2.24) is 10.3 Å². The zero-order chi connectivity index (χ0) is 15.2. The minimum Gasteiger partial charge on any atom is -0.352 e. The van der Waals surface area contributed by atoms with Gasteiger partial charge in [-0.05, 0) is 43.3 Å². The Balaban J connectivity index is 2.10. The third-order valence-corrected chi connectivity index (χ3v) is 2.81. The summed E-state index contributed by atoms with van der Waals surface area (Å²) in [6.07, 6.45) is 1.46. The molecule has 0 radical (unpaired) electrons. The first kappa shape index (κ1) is 14.5. The van der Waals surface area contributed by atoms with Gasteiger partial charge in [-0.3, -0.25) is 14.4 Å². The number of aromatic nitrogens is 1. The monoisotopic (exact) mass is 285 g/mol. The van der Waals surface area contributed by atoms with Crippen LogP contribution >= 0.6 is 0 Å². The van der Waals surface area contributed by atoms with Crippen LogP contribution < -0.4 is 16.2 Å². The summed E-state index contributed by atoms with van der Waals surface area (Å²) >= 11 is 0. The van der Waals surface area contributed by atoms with Crippen molar-refractivity contribution in [3.05, 3.63) is 64.1 Å². The van der Waals surface area contributed by atoms with E-state index >= 15 is 0 Å². The summed E-state index contributed by atoms with van der Waals surface area (Å²) in [5.74, 6) is -0.669. The standard InChI is InChI=1S/C15H15N3O3/c1-2-16-13(19)10-5-7-11(8-6-10)18-15(21)12-4-3-9-17-14(12)20/h3-9H,2H2,1H3,(H,16,19)(H,17,20)(H,18,21). The highest BCUT2D eigenvalue weighted by molar-refractivity contribution is 6.04. The average Bonchev–Trinajstić information content (AvgIpc) is 2.48. The minimum absolute atomic E-state index is 0.0327. The molecule has 0 saturated carbocycles. The van der Waals surface area contributed by atoms with Gasteiger partial charge in [0.2, 0.25) is 0 Å². The Bertz CT molecular complexity index is 705. The molecule has 0 aliphatic rings. The highest BCUT2D eigenvalue weighted by atomic mass is 16.2. The van der Waals surface area contributed by atoms with Gasteiger partial charge in [0, 0.05) is 24.0 Å². The Hall–Kier alpha value is -2.89. The molecule has 0 atom stereocenters. The number of carbonyl (C=O) groups excluding carboxylic acids is 2. The van der Waals surface area contributed by atoms with E-state index < -0.39 is 11.5 Å². The van der Waals surface area contributed by atoms with E-state index in [-0.39, 0.29) is 11.5 Å². The molecule has 0 unspecified atom stereocenters. The highest BCUT2D eigenvalue weighted by Crippen LogP contribution is 2.10. The lowest BCUT2D eigenvalue weighted by Crippen LogP contribution is -2.23. The second-order valence-electron chi connectivity index (χ2n) is 4.30. The summed E-state index contributed by atoms with van der Waals surface area (Å²) in [5, 5.41) is 5.29. The van der Waals surface area contributed by atoms with Gasteiger partial charge >= 0.3 is 0 Å². The first-order valence-corrected chi connectivity index (χ1v) is 6.49.